The molecule has 0 radical (unpaired) electrons. The number of aromatic nitrogens is 3. The van der Waals surface area contributed by atoms with Crippen LogP contribution in [0.2, 0.25) is 0 Å². The highest BCUT2D eigenvalue weighted by atomic mass is 32.2. The van der Waals surface area contributed by atoms with E-state index < -0.39 is 9.84 Å². The summed E-state index contributed by atoms with van der Waals surface area (Å²) in [6.45, 7) is 8.22. The number of methoxy groups -OCH3 is 1. The zero-order valence-electron chi connectivity index (χ0n) is 16.8. The van der Waals surface area contributed by atoms with Crippen LogP contribution in [0.15, 0.2) is 16.7 Å². The van der Waals surface area contributed by atoms with Crippen LogP contribution < -0.4 is 0 Å². The minimum absolute atomic E-state index is 0.113. The van der Waals surface area contributed by atoms with Gasteiger partial charge in [-0.1, -0.05) is 13.8 Å². The Kier molecular flexibility index (Phi) is 7.96. The molecule has 0 saturated carbocycles. The molecule has 0 atom stereocenters. The Morgan fingerprint density at radius 1 is 1.33 bits per heavy atom. The van der Waals surface area contributed by atoms with Crippen LogP contribution >= 0.6 is 11.3 Å². The molecule has 2 aromatic rings. The second kappa shape index (κ2) is 9.77. The summed E-state index contributed by atoms with van der Waals surface area (Å²) >= 11 is 1.63. The number of ether oxygens (including phenoxy) is 1. The van der Waals surface area contributed by atoms with E-state index in [4.69, 9.17) is 4.74 Å². The molecule has 0 spiro atoms. The largest absolute Gasteiger partial charge is 0.383 e. The minimum Gasteiger partial charge on any atom is -0.383 e. The fourth-order valence-corrected chi connectivity index (χ4v) is 5.09. The van der Waals surface area contributed by atoms with Gasteiger partial charge in [0.05, 0.1) is 35.0 Å². The van der Waals surface area contributed by atoms with Crippen LogP contribution in [0.3, 0.4) is 0 Å². The average molecular weight is 415 g/mol. The first-order valence-electron chi connectivity index (χ1n) is 9.08. The zero-order valence-corrected chi connectivity index (χ0v) is 18.4. The fraction of sp³-hybridized carbons (Fsp3) is 0.667. The van der Waals surface area contributed by atoms with Gasteiger partial charge in [0, 0.05) is 32.1 Å². The normalized spacial score (nSPS) is 12.4. The van der Waals surface area contributed by atoms with Gasteiger partial charge in [0.15, 0.2) is 0 Å². The van der Waals surface area contributed by atoms with Gasteiger partial charge in [-0.3, -0.25) is 4.90 Å². The van der Waals surface area contributed by atoms with Gasteiger partial charge in [-0.15, -0.1) is 11.3 Å². The van der Waals surface area contributed by atoms with E-state index in [9.17, 15) is 8.42 Å². The van der Waals surface area contributed by atoms with E-state index in [1.807, 2.05) is 27.8 Å². The van der Waals surface area contributed by atoms with Gasteiger partial charge in [0.2, 0.25) is 15.0 Å². The van der Waals surface area contributed by atoms with Crippen molar-refractivity contribution in [2.45, 2.75) is 52.0 Å². The summed E-state index contributed by atoms with van der Waals surface area (Å²) in [5, 5.41) is 3.24. The topological polar surface area (TPSA) is 77.3 Å². The molecule has 0 saturated heterocycles. The van der Waals surface area contributed by atoms with E-state index in [-0.39, 0.29) is 10.9 Å². The van der Waals surface area contributed by atoms with Crippen LogP contribution in [0.1, 0.15) is 36.7 Å². The molecule has 0 aromatic carbocycles. The van der Waals surface area contributed by atoms with E-state index in [0.717, 1.165) is 16.4 Å². The first-order valence-corrected chi connectivity index (χ1v) is 11.6. The molecule has 27 heavy (non-hydrogen) atoms. The number of rotatable bonds is 11. The van der Waals surface area contributed by atoms with E-state index in [0.29, 0.717) is 38.6 Å². The third-order valence-electron chi connectivity index (χ3n) is 4.19. The van der Waals surface area contributed by atoms with Gasteiger partial charge in [-0.25, -0.2) is 18.4 Å². The summed E-state index contributed by atoms with van der Waals surface area (Å²) in [5.74, 6) is 0.441. The van der Waals surface area contributed by atoms with Crippen molar-refractivity contribution in [3.8, 4) is 0 Å². The lowest BCUT2D eigenvalue weighted by molar-refractivity contribution is 0.182. The molecule has 152 valence electrons. The highest BCUT2D eigenvalue weighted by molar-refractivity contribution is 7.91. The molecule has 0 aliphatic rings. The van der Waals surface area contributed by atoms with Crippen LogP contribution in [0.4, 0.5) is 0 Å². The third-order valence-corrected chi connectivity index (χ3v) is 6.67. The standard InChI is InChI=1S/C18H30N4O3S2/c1-14(2)6-9-27(23,24)18-19-10-17(22(18)7-8-25-5)12-21(4)11-16-13-26-15(3)20-16/h10,13-14H,6-9,11-12H2,1-5H3. The zero-order chi connectivity index (χ0) is 20.0. The maximum absolute atomic E-state index is 12.8. The highest BCUT2D eigenvalue weighted by Gasteiger charge is 2.24. The molecule has 0 aliphatic carbocycles. The van der Waals surface area contributed by atoms with Crippen molar-refractivity contribution in [1.29, 1.82) is 0 Å². The summed E-state index contributed by atoms with van der Waals surface area (Å²) in [5.41, 5.74) is 1.89. The molecule has 0 fully saturated rings. The maximum Gasteiger partial charge on any atom is 0.227 e. The number of aryl methyl sites for hydroxylation is 1. The van der Waals surface area contributed by atoms with Crippen molar-refractivity contribution >= 4 is 21.2 Å². The number of hydrogen-bond donors (Lipinski definition) is 0. The van der Waals surface area contributed by atoms with Crippen molar-refractivity contribution in [2.75, 3.05) is 26.5 Å². The van der Waals surface area contributed by atoms with Crippen molar-refractivity contribution in [1.82, 2.24) is 19.4 Å². The van der Waals surface area contributed by atoms with Gasteiger partial charge in [-0.05, 0) is 26.3 Å². The van der Waals surface area contributed by atoms with Crippen molar-refractivity contribution in [3.63, 3.8) is 0 Å². The Hall–Kier alpha value is -1.29. The molecule has 0 aliphatic heterocycles. The van der Waals surface area contributed by atoms with Crippen LogP contribution in [-0.4, -0.2) is 54.4 Å². The quantitative estimate of drug-likeness (QED) is 0.563. The number of imidazole rings is 1. The molecule has 0 N–H and O–H groups in total. The summed E-state index contributed by atoms with van der Waals surface area (Å²) in [4.78, 5) is 10.9. The Balaban J connectivity index is 2.19. The number of thiazole rings is 1. The summed E-state index contributed by atoms with van der Waals surface area (Å²) in [6.07, 6.45) is 2.29. The molecular formula is C18H30N4O3S2. The van der Waals surface area contributed by atoms with Gasteiger partial charge in [0.25, 0.3) is 0 Å². The SMILES string of the molecule is COCCn1c(CN(C)Cc2csc(C)n2)cnc1S(=O)(=O)CCC(C)C. The Labute approximate surface area is 166 Å². The summed E-state index contributed by atoms with van der Waals surface area (Å²) in [6, 6.07) is 0. The second-order valence-electron chi connectivity index (χ2n) is 7.21. The van der Waals surface area contributed by atoms with Crippen LogP contribution in [0, 0.1) is 12.8 Å². The lowest BCUT2D eigenvalue weighted by Gasteiger charge is -2.18. The molecular weight excluding hydrogens is 384 g/mol. The minimum atomic E-state index is -3.42. The van der Waals surface area contributed by atoms with E-state index >= 15 is 0 Å². The molecule has 0 amide bonds. The molecule has 2 rings (SSSR count). The van der Waals surface area contributed by atoms with Gasteiger partial charge in [-0.2, -0.15) is 0 Å². The predicted octanol–water partition coefficient (Wildman–Crippen LogP) is 2.75. The van der Waals surface area contributed by atoms with E-state index in [1.165, 1.54) is 0 Å². The van der Waals surface area contributed by atoms with Crippen molar-refractivity contribution in [2.24, 2.45) is 5.92 Å². The van der Waals surface area contributed by atoms with Gasteiger partial charge in [0.1, 0.15) is 0 Å². The Bertz CT molecular complexity index is 828. The summed E-state index contributed by atoms with van der Waals surface area (Å²) in [7, 11) is 0.187. The van der Waals surface area contributed by atoms with Crippen molar-refractivity contribution in [3.05, 3.63) is 28.0 Å². The monoisotopic (exact) mass is 414 g/mol. The molecule has 0 unspecified atom stereocenters. The van der Waals surface area contributed by atoms with Crippen LogP contribution in [0.25, 0.3) is 0 Å². The Morgan fingerprint density at radius 3 is 2.67 bits per heavy atom. The molecule has 7 nitrogen and oxygen atoms in total. The average Bonchev–Trinajstić information content (AvgIpc) is 3.17. The van der Waals surface area contributed by atoms with Crippen LogP contribution in [0.5, 0.6) is 0 Å². The first kappa shape index (κ1) is 22.0. The maximum atomic E-state index is 12.8. The van der Waals surface area contributed by atoms with Crippen LogP contribution in [-0.2, 0) is 34.2 Å². The smallest absolute Gasteiger partial charge is 0.227 e. The predicted molar refractivity (Wildman–Crippen MR) is 108 cm³/mol. The lowest BCUT2D eigenvalue weighted by atomic mass is 10.2. The highest BCUT2D eigenvalue weighted by Crippen LogP contribution is 2.18. The number of nitrogens with zero attached hydrogens (tertiary/aromatic N) is 4. The Morgan fingerprint density at radius 2 is 2.07 bits per heavy atom. The van der Waals surface area contributed by atoms with Crippen molar-refractivity contribution < 1.29 is 13.2 Å². The second-order valence-corrected chi connectivity index (χ2v) is 10.3. The summed E-state index contributed by atoms with van der Waals surface area (Å²) < 4.78 is 32.5. The molecule has 0 bridgehead atoms. The van der Waals surface area contributed by atoms with Gasteiger partial charge < -0.3 is 9.30 Å². The number of hydrogen-bond acceptors (Lipinski definition) is 7. The number of sulfone groups is 1. The first-order chi connectivity index (χ1) is 12.7. The molecule has 2 heterocycles. The van der Waals surface area contributed by atoms with E-state index in [2.05, 4.69) is 20.2 Å². The fourth-order valence-electron chi connectivity index (χ4n) is 2.76. The van der Waals surface area contributed by atoms with E-state index in [1.54, 1.807) is 29.2 Å². The lowest BCUT2D eigenvalue weighted by Crippen LogP contribution is -2.23. The third kappa shape index (κ3) is 6.38. The molecule has 9 heteroatoms. The van der Waals surface area contributed by atoms with Gasteiger partial charge >= 0.3 is 0 Å². The molecule has 2 aromatic heterocycles.